The highest BCUT2D eigenvalue weighted by Crippen LogP contribution is 2.20. The summed E-state index contributed by atoms with van der Waals surface area (Å²) in [4.78, 5) is 0. The second kappa shape index (κ2) is 12.0. The molecule has 0 aliphatic carbocycles. The van der Waals surface area contributed by atoms with Crippen molar-refractivity contribution in [2.45, 2.75) is 57.9 Å². The molecule has 0 bridgehead atoms. The highest BCUT2D eigenvalue weighted by Gasteiger charge is 2.10. The van der Waals surface area contributed by atoms with E-state index in [1.807, 2.05) is 23.9 Å². The molecule has 0 fully saturated rings. The molecular formula is C18H30FNS. The SMILES string of the molecule is CCCCC(NCCCCCCSC)c1ccc(F)cc1. The van der Waals surface area contributed by atoms with Crippen LogP contribution in [0.2, 0.25) is 0 Å². The van der Waals surface area contributed by atoms with Crippen LogP contribution in [-0.4, -0.2) is 18.6 Å². The monoisotopic (exact) mass is 311 g/mol. The van der Waals surface area contributed by atoms with Crippen LogP contribution >= 0.6 is 11.8 Å². The van der Waals surface area contributed by atoms with Gasteiger partial charge < -0.3 is 5.32 Å². The van der Waals surface area contributed by atoms with Gasteiger partial charge in [0, 0.05) is 6.04 Å². The van der Waals surface area contributed by atoms with Crippen molar-refractivity contribution in [1.29, 1.82) is 0 Å². The van der Waals surface area contributed by atoms with Gasteiger partial charge in [-0.1, -0.05) is 44.7 Å². The summed E-state index contributed by atoms with van der Waals surface area (Å²) in [6, 6.07) is 7.34. The molecule has 1 atom stereocenters. The number of halogens is 1. The summed E-state index contributed by atoms with van der Waals surface area (Å²) >= 11 is 1.93. The molecule has 120 valence electrons. The van der Waals surface area contributed by atoms with Crippen LogP contribution in [-0.2, 0) is 0 Å². The van der Waals surface area contributed by atoms with Gasteiger partial charge in [-0.25, -0.2) is 4.39 Å². The molecule has 1 aromatic rings. The molecule has 0 aliphatic heterocycles. The Labute approximate surface area is 134 Å². The van der Waals surface area contributed by atoms with E-state index in [-0.39, 0.29) is 5.82 Å². The van der Waals surface area contributed by atoms with Gasteiger partial charge in [0.05, 0.1) is 0 Å². The molecule has 0 aromatic heterocycles. The number of unbranched alkanes of at least 4 members (excludes halogenated alkanes) is 4. The van der Waals surface area contributed by atoms with Crippen molar-refractivity contribution in [2.24, 2.45) is 0 Å². The van der Waals surface area contributed by atoms with E-state index < -0.39 is 0 Å². The maximum atomic E-state index is 13.0. The van der Waals surface area contributed by atoms with Crippen LogP contribution in [0.1, 0.15) is 63.5 Å². The first-order chi connectivity index (χ1) is 10.3. The number of benzene rings is 1. The Morgan fingerprint density at radius 2 is 1.76 bits per heavy atom. The average Bonchev–Trinajstić information content (AvgIpc) is 2.50. The summed E-state index contributed by atoms with van der Waals surface area (Å²) in [6.07, 6.45) is 10.9. The van der Waals surface area contributed by atoms with Gasteiger partial charge in [0.15, 0.2) is 0 Å². The summed E-state index contributed by atoms with van der Waals surface area (Å²) in [5.74, 6) is 1.13. The van der Waals surface area contributed by atoms with E-state index in [0.29, 0.717) is 6.04 Å². The second-order valence-corrected chi connectivity index (χ2v) is 6.59. The minimum absolute atomic E-state index is 0.151. The zero-order chi connectivity index (χ0) is 15.3. The van der Waals surface area contributed by atoms with Gasteiger partial charge in [-0.3, -0.25) is 0 Å². The largest absolute Gasteiger partial charge is 0.310 e. The molecule has 1 unspecified atom stereocenters. The molecule has 1 N–H and O–H groups in total. The van der Waals surface area contributed by atoms with E-state index >= 15 is 0 Å². The highest BCUT2D eigenvalue weighted by molar-refractivity contribution is 7.98. The Balaban J connectivity index is 2.31. The number of thioether (sulfide) groups is 1. The van der Waals surface area contributed by atoms with Gasteiger partial charge in [-0.15, -0.1) is 0 Å². The van der Waals surface area contributed by atoms with Gasteiger partial charge in [-0.05, 0) is 55.5 Å². The minimum atomic E-state index is -0.151. The smallest absolute Gasteiger partial charge is 0.123 e. The van der Waals surface area contributed by atoms with Gasteiger partial charge in [-0.2, -0.15) is 11.8 Å². The van der Waals surface area contributed by atoms with Crippen molar-refractivity contribution >= 4 is 11.8 Å². The van der Waals surface area contributed by atoms with Crippen LogP contribution in [0.3, 0.4) is 0 Å². The maximum absolute atomic E-state index is 13.0. The fourth-order valence-electron chi connectivity index (χ4n) is 2.49. The normalized spacial score (nSPS) is 12.5. The lowest BCUT2D eigenvalue weighted by Crippen LogP contribution is -2.22. The highest BCUT2D eigenvalue weighted by atomic mass is 32.2. The zero-order valence-corrected chi connectivity index (χ0v) is 14.4. The fraction of sp³-hybridized carbons (Fsp3) is 0.667. The van der Waals surface area contributed by atoms with Gasteiger partial charge in [0.25, 0.3) is 0 Å². The molecule has 1 nitrogen and oxygen atoms in total. The molecule has 21 heavy (non-hydrogen) atoms. The van der Waals surface area contributed by atoms with E-state index in [4.69, 9.17) is 0 Å². The number of nitrogens with one attached hydrogen (secondary N) is 1. The maximum Gasteiger partial charge on any atom is 0.123 e. The Hall–Kier alpha value is -0.540. The lowest BCUT2D eigenvalue weighted by atomic mass is 10.0. The zero-order valence-electron chi connectivity index (χ0n) is 13.5. The summed E-state index contributed by atoms with van der Waals surface area (Å²) in [7, 11) is 0. The molecule has 0 saturated heterocycles. The Morgan fingerprint density at radius 3 is 2.43 bits per heavy atom. The fourth-order valence-corrected chi connectivity index (χ4v) is 2.98. The lowest BCUT2D eigenvalue weighted by Gasteiger charge is -2.19. The molecule has 0 radical (unpaired) electrons. The molecule has 1 rings (SSSR count). The molecule has 3 heteroatoms. The van der Waals surface area contributed by atoms with Crippen LogP contribution in [0.25, 0.3) is 0 Å². The summed E-state index contributed by atoms with van der Waals surface area (Å²) in [6.45, 7) is 3.28. The van der Waals surface area contributed by atoms with Crippen molar-refractivity contribution in [2.75, 3.05) is 18.6 Å². The van der Waals surface area contributed by atoms with Crippen molar-refractivity contribution < 1.29 is 4.39 Å². The molecular weight excluding hydrogens is 281 g/mol. The topological polar surface area (TPSA) is 12.0 Å². The lowest BCUT2D eigenvalue weighted by molar-refractivity contribution is 0.467. The quantitative estimate of drug-likeness (QED) is 0.506. The van der Waals surface area contributed by atoms with Gasteiger partial charge in [0.1, 0.15) is 5.82 Å². The Bertz CT molecular complexity index is 353. The number of rotatable bonds is 12. The summed E-state index contributed by atoms with van der Waals surface area (Å²) < 4.78 is 13.0. The number of hydrogen-bond donors (Lipinski definition) is 1. The third-order valence-electron chi connectivity index (χ3n) is 3.78. The van der Waals surface area contributed by atoms with Crippen molar-refractivity contribution in [3.63, 3.8) is 0 Å². The average molecular weight is 312 g/mol. The van der Waals surface area contributed by atoms with Crippen LogP contribution in [0.15, 0.2) is 24.3 Å². The first-order valence-electron chi connectivity index (χ1n) is 8.25. The third-order valence-corrected chi connectivity index (χ3v) is 4.48. The van der Waals surface area contributed by atoms with E-state index in [1.54, 1.807) is 12.1 Å². The molecule has 1 aromatic carbocycles. The predicted octanol–water partition coefficient (Wildman–Crippen LogP) is 5.57. The first-order valence-corrected chi connectivity index (χ1v) is 9.65. The molecule has 0 saturated carbocycles. The van der Waals surface area contributed by atoms with E-state index in [2.05, 4.69) is 18.5 Å². The summed E-state index contributed by atoms with van der Waals surface area (Å²) in [5.41, 5.74) is 1.22. The minimum Gasteiger partial charge on any atom is -0.310 e. The van der Waals surface area contributed by atoms with E-state index in [0.717, 1.165) is 13.0 Å². The van der Waals surface area contributed by atoms with Crippen LogP contribution in [0.4, 0.5) is 4.39 Å². The Morgan fingerprint density at radius 1 is 1.05 bits per heavy atom. The van der Waals surface area contributed by atoms with Gasteiger partial charge in [0.2, 0.25) is 0 Å². The predicted molar refractivity (Wildman–Crippen MR) is 93.5 cm³/mol. The van der Waals surface area contributed by atoms with Crippen LogP contribution < -0.4 is 5.32 Å². The third kappa shape index (κ3) is 8.47. The standard InChI is InChI=1S/C18H30FNS/c1-3-4-9-18(16-10-12-17(19)13-11-16)20-14-7-5-6-8-15-21-2/h10-13,18,20H,3-9,14-15H2,1-2H3. The van der Waals surface area contributed by atoms with Gasteiger partial charge >= 0.3 is 0 Å². The molecule has 0 amide bonds. The van der Waals surface area contributed by atoms with Crippen LogP contribution in [0, 0.1) is 5.82 Å². The second-order valence-electron chi connectivity index (χ2n) is 5.61. The van der Waals surface area contributed by atoms with Crippen LogP contribution in [0.5, 0.6) is 0 Å². The molecule has 0 spiro atoms. The van der Waals surface area contributed by atoms with E-state index in [1.165, 1.54) is 49.8 Å². The van der Waals surface area contributed by atoms with Crippen molar-refractivity contribution in [3.05, 3.63) is 35.6 Å². The first kappa shape index (κ1) is 18.5. The molecule has 0 aliphatic rings. The Kier molecular flexibility index (Phi) is 10.6. The summed E-state index contributed by atoms with van der Waals surface area (Å²) in [5, 5.41) is 3.65. The number of hydrogen-bond acceptors (Lipinski definition) is 2. The van der Waals surface area contributed by atoms with Crippen molar-refractivity contribution in [1.82, 2.24) is 5.32 Å². The molecule has 0 heterocycles. The van der Waals surface area contributed by atoms with Crippen molar-refractivity contribution in [3.8, 4) is 0 Å². The van der Waals surface area contributed by atoms with E-state index in [9.17, 15) is 4.39 Å².